The van der Waals surface area contributed by atoms with E-state index in [4.69, 9.17) is 23.2 Å². The molecule has 3 rings (SSSR count). The Morgan fingerprint density at radius 1 is 1.20 bits per heavy atom. The molecule has 1 N–H and O–H groups in total. The maximum absolute atomic E-state index is 10.4. The molecule has 20 heavy (non-hydrogen) atoms. The average Bonchev–Trinajstić information content (AvgIpc) is 2.87. The van der Waals surface area contributed by atoms with Gasteiger partial charge in [-0.15, -0.1) is 0 Å². The van der Waals surface area contributed by atoms with Gasteiger partial charge in [-0.1, -0.05) is 29.3 Å². The summed E-state index contributed by atoms with van der Waals surface area (Å²) >= 11 is 12.1. The Hall–Kier alpha value is -1.55. The number of aromatic nitrogens is 2. The lowest BCUT2D eigenvalue weighted by molar-refractivity contribution is 0.180. The molecule has 0 bridgehead atoms. The van der Waals surface area contributed by atoms with Crippen LogP contribution in [0.3, 0.4) is 0 Å². The monoisotopic (exact) mass is 306 g/mol. The molecule has 1 aromatic carbocycles. The fraction of sp³-hybridized carbons (Fsp3) is 0.133. The third-order valence-corrected chi connectivity index (χ3v) is 3.84. The summed E-state index contributed by atoms with van der Waals surface area (Å²) in [5, 5.41) is 15.8. The van der Waals surface area contributed by atoms with Gasteiger partial charge in [-0.3, -0.25) is 0 Å². The van der Waals surface area contributed by atoms with Gasteiger partial charge in [0.1, 0.15) is 0 Å². The minimum absolute atomic E-state index is 0.398. The van der Waals surface area contributed by atoms with Crippen molar-refractivity contribution in [1.82, 2.24) is 9.61 Å². The van der Waals surface area contributed by atoms with Crippen molar-refractivity contribution in [2.24, 2.45) is 0 Å². The Labute approximate surface area is 126 Å². The Balaban J connectivity index is 1.93. The van der Waals surface area contributed by atoms with Gasteiger partial charge >= 0.3 is 0 Å². The van der Waals surface area contributed by atoms with Crippen LogP contribution in [0.5, 0.6) is 0 Å². The molecule has 0 spiro atoms. The summed E-state index contributed by atoms with van der Waals surface area (Å²) in [7, 11) is 0. The highest BCUT2D eigenvalue weighted by molar-refractivity contribution is 6.33. The molecule has 0 amide bonds. The lowest BCUT2D eigenvalue weighted by Crippen LogP contribution is -2.02. The second kappa shape index (κ2) is 5.44. The molecule has 3 nitrogen and oxygen atoms in total. The quantitative estimate of drug-likeness (QED) is 0.796. The first-order valence-corrected chi connectivity index (χ1v) is 6.95. The van der Waals surface area contributed by atoms with Crippen molar-refractivity contribution in [2.75, 3.05) is 0 Å². The van der Waals surface area contributed by atoms with Crippen molar-refractivity contribution in [2.45, 2.75) is 12.5 Å². The van der Waals surface area contributed by atoms with Crippen molar-refractivity contribution in [3.63, 3.8) is 0 Å². The van der Waals surface area contributed by atoms with Crippen LogP contribution < -0.4 is 0 Å². The number of pyridine rings is 1. The maximum Gasteiger partial charge on any atom is 0.0867 e. The number of benzene rings is 1. The number of aliphatic hydroxyl groups excluding tert-OH is 1. The highest BCUT2D eigenvalue weighted by atomic mass is 35.5. The van der Waals surface area contributed by atoms with E-state index in [2.05, 4.69) is 5.10 Å². The highest BCUT2D eigenvalue weighted by Gasteiger charge is 2.15. The molecule has 0 fully saturated rings. The van der Waals surface area contributed by atoms with E-state index in [1.54, 1.807) is 28.9 Å². The number of halogens is 2. The van der Waals surface area contributed by atoms with Crippen molar-refractivity contribution >= 4 is 28.7 Å². The molecule has 5 heteroatoms. The summed E-state index contributed by atoms with van der Waals surface area (Å²) in [5.41, 5.74) is 2.49. The summed E-state index contributed by atoms with van der Waals surface area (Å²) in [4.78, 5) is 0. The molecular weight excluding hydrogens is 295 g/mol. The van der Waals surface area contributed by atoms with Gasteiger partial charge < -0.3 is 5.11 Å². The second-order valence-electron chi connectivity index (χ2n) is 4.59. The molecule has 0 radical (unpaired) electrons. The largest absolute Gasteiger partial charge is 0.388 e. The van der Waals surface area contributed by atoms with E-state index in [9.17, 15) is 5.11 Å². The SMILES string of the molecule is OC(Cc1cc(Cl)ccc1Cl)c1cnn2ccccc12. The topological polar surface area (TPSA) is 37.5 Å². The molecule has 102 valence electrons. The predicted molar refractivity (Wildman–Crippen MR) is 80.3 cm³/mol. The van der Waals surface area contributed by atoms with Gasteiger partial charge in [-0.25, -0.2) is 4.52 Å². The van der Waals surface area contributed by atoms with Crippen LogP contribution in [0.25, 0.3) is 5.52 Å². The van der Waals surface area contributed by atoms with Crippen LogP contribution in [0.15, 0.2) is 48.8 Å². The number of fused-ring (bicyclic) bond motifs is 1. The second-order valence-corrected chi connectivity index (χ2v) is 5.43. The summed E-state index contributed by atoms with van der Waals surface area (Å²) in [6.07, 6.45) is 3.25. The maximum atomic E-state index is 10.4. The van der Waals surface area contributed by atoms with Crippen LogP contribution in [0, 0.1) is 0 Å². The van der Waals surface area contributed by atoms with E-state index in [1.165, 1.54) is 0 Å². The smallest absolute Gasteiger partial charge is 0.0867 e. The number of aliphatic hydroxyl groups is 1. The Bertz CT molecular complexity index is 754. The van der Waals surface area contributed by atoms with Crippen LogP contribution in [-0.2, 0) is 6.42 Å². The third kappa shape index (κ3) is 2.52. The van der Waals surface area contributed by atoms with Crippen molar-refractivity contribution in [3.05, 3.63) is 70.0 Å². The summed E-state index contributed by atoms with van der Waals surface area (Å²) < 4.78 is 1.73. The molecular formula is C15H12Cl2N2O. The Morgan fingerprint density at radius 3 is 2.90 bits per heavy atom. The van der Waals surface area contributed by atoms with Gasteiger partial charge in [0.25, 0.3) is 0 Å². The predicted octanol–water partition coefficient (Wildman–Crippen LogP) is 3.92. The Kier molecular flexibility index (Phi) is 3.66. The molecule has 1 unspecified atom stereocenters. The minimum atomic E-state index is -0.675. The molecule has 0 aliphatic carbocycles. The molecule has 2 heterocycles. The molecule has 0 aliphatic rings. The summed E-state index contributed by atoms with van der Waals surface area (Å²) in [6, 6.07) is 11.0. The fourth-order valence-corrected chi connectivity index (χ4v) is 2.62. The van der Waals surface area contributed by atoms with Crippen molar-refractivity contribution in [3.8, 4) is 0 Å². The van der Waals surface area contributed by atoms with Crippen LogP contribution in [0.2, 0.25) is 10.0 Å². The van der Waals surface area contributed by atoms with E-state index in [1.807, 2.05) is 24.4 Å². The first-order chi connectivity index (χ1) is 9.65. The van der Waals surface area contributed by atoms with Crippen LogP contribution in [0.1, 0.15) is 17.2 Å². The molecule has 0 saturated heterocycles. The first-order valence-electron chi connectivity index (χ1n) is 6.19. The first kappa shape index (κ1) is 13.4. The van der Waals surface area contributed by atoms with Crippen molar-refractivity contribution < 1.29 is 5.11 Å². The lowest BCUT2D eigenvalue weighted by atomic mass is 10.0. The van der Waals surface area contributed by atoms with Gasteiger partial charge in [-0.05, 0) is 35.9 Å². The molecule has 2 aromatic heterocycles. The van der Waals surface area contributed by atoms with Gasteiger partial charge in [-0.2, -0.15) is 5.10 Å². The van der Waals surface area contributed by atoms with Gasteiger partial charge in [0.15, 0.2) is 0 Å². The highest BCUT2D eigenvalue weighted by Crippen LogP contribution is 2.27. The zero-order valence-electron chi connectivity index (χ0n) is 10.5. The van der Waals surface area contributed by atoms with Gasteiger partial charge in [0.2, 0.25) is 0 Å². The lowest BCUT2D eigenvalue weighted by Gasteiger charge is -2.11. The fourth-order valence-electron chi connectivity index (χ4n) is 2.23. The van der Waals surface area contributed by atoms with Crippen LogP contribution >= 0.6 is 23.2 Å². The third-order valence-electron chi connectivity index (χ3n) is 3.24. The molecule has 3 aromatic rings. The number of nitrogens with zero attached hydrogens (tertiary/aromatic N) is 2. The zero-order chi connectivity index (χ0) is 14.1. The number of hydrogen-bond donors (Lipinski definition) is 1. The van der Waals surface area contributed by atoms with E-state index in [0.717, 1.165) is 16.6 Å². The average molecular weight is 307 g/mol. The molecule has 0 saturated carbocycles. The minimum Gasteiger partial charge on any atom is -0.388 e. The zero-order valence-corrected chi connectivity index (χ0v) is 12.0. The van der Waals surface area contributed by atoms with E-state index in [0.29, 0.717) is 16.5 Å². The Morgan fingerprint density at radius 2 is 2.05 bits per heavy atom. The molecule has 1 atom stereocenters. The van der Waals surface area contributed by atoms with E-state index in [-0.39, 0.29) is 0 Å². The van der Waals surface area contributed by atoms with Gasteiger partial charge in [0, 0.05) is 28.2 Å². The van der Waals surface area contributed by atoms with Gasteiger partial charge in [0.05, 0.1) is 17.8 Å². The van der Waals surface area contributed by atoms with E-state index >= 15 is 0 Å². The van der Waals surface area contributed by atoms with Crippen molar-refractivity contribution in [1.29, 1.82) is 0 Å². The van der Waals surface area contributed by atoms with E-state index < -0.39 is 6.10 Å². The standard InChI is InChI=1S/C15H12Cl2N2O/c16-11-4-5-13(17)10(7-11)8-15(20)12-9-18-19-6-2-1-3-14(12)19/h1-7,9,15,20H,8H2. The number of hydrogen-bond acceptors (Lipinski definition) is 2. The molecule has 0 aliphatic heterocycles. The number of rotatable bonds is 3. The summed E-state index contributed by atoms with van der Waals surface area (Å²) in [6.45, 7) is 0. The normalized spacial score (nSPS) is 12.8. The van der Waals surface area contributed by atoms with Crippen LogP contribution in [-0.4, -0.2) is 14.7 Å². The van der Waals surface area contributed by atoms with Crippen LogP contribution in [0.4, 0.5) is 0 Å². The summed E-state index contributed by atoms with van der Waals surface area (Å²) in [5.74, 6) is 0.